The molecule has 0 amide bonds. The fourth-order valence-corrected chi connectivity index (χ4v) is 5.65. The van der Waals surface area contributed by atoms with Crippen LogP contribution in [0.5, 0.6) is 0 Å². The molecule has 2 bridgehead atoms. The van der Waals surface area contributed by atoms with Crippen molar-refractivity contribution in [3.63, 3.8) is 0 Å². The van der Waals surface area contributed by atoms with Crippen molar-refractivity contribution in [2.45, 2.75) is 44.2 Å². The number of nitrogens with zero attached hydrogens (tertiary/aromatic N) is 5. The molecule has 1 atom stereocenters. The minimum Gasteiger partial charge on any atom is -0.366 e. The van der Waals surface area contributed by atoms with Crippen molar-refractivity contribution >= 4 is 39.6 Å². The largest absolute Gasteiger partial charge is 0.366 e. The SMILES string of the molecule is FCC(CF)n1ccc2c(NC3CC4CCC3CC4)nc(-c3c[nH]c4ncc(Cl)nc34)nc21. The van der Waals surface area contributed by atoms with E-state index in [2.05, 4.69) is 20.3 Å². The van der Waals surface area contributed by atoms with Crippen LogP contribution in [0.1, 0.15) is 38.1 Å². The van der Waals surface area contributed by atoms with Crippen LogP contribution in [0.3, 0.4) is 0 Å². The first-order chi connectivity index (χ1) is 16.1. The number of fused-ring (bicyclic) bond motifs is 5. The lowest BCUT2D eigenvalue weighted by Crippen LogP contribution is -2.40. The lowest BCUT2D eigenvalue weighted by Gasteiger charge is -2.42. The quantitative estimate of drug-likeness (QED) is 0.388. The third-order valence-corrected chi connectivity index (χ3v) is 7.47. The van der Waals surface area contributed by atoms with E-state index in [9.17, 15) is 8.78 Å². The number of halogens is 3. The van der Waals surface area contributed by atoms with E-state index in [1.807, 2.05) is 6.07 Å². The van der Waals surface area contributed by atoms with Crippen molar-refractivity contribution in [2.75, 3.05) is 18.7 Å². The van der Waals surface area contributed by atoms with Crippen molar-refractivity contribution < 1.29 is 8.78 Å². The highest BCUT2D eigenvalue weighted by Gasteiger charge is 2.36. The van der Waals surface area contributed by atoms with Gasteiger partial charge < -0.3 is 14.9 Å². The lowest BCUT2D eigenvalue weighted by molar-refractivity contribution is 0.157. The molecule has 4 aromatic heterocycles. The first-order valence-corrected chi connectivity index (χ1v) is 11.8. The molecule has 172 valence electrons. The first-order valence-electron chi connectivity index (χ1n) is 11.4. The van der Waals surface area contributed by atoms with Gasteiger partial charge in [0.15, 0.2) is 11.5 Å². The third kappa shape index (κ3) is 3.53. The van der Waals surface area contributed by atoms with Gasteiger partial charge in [0.25, 0.3) is 0 Å². The van der Waals surface area contributed by atoms with Gasteiger partial charge in [-0.2, -0.15) is 0 Å². The van der Waals surface area contributed by atoms with Gasteiger partial charge in [-0.25, -0.2) is 28.7 Å². The van der Waals surface area contributed by atoms with Crippen LogP contribution in [0.25, 0.3) is 33.6 Å². The average Bonchev–Trinajstić information content (AvgIpc) is 3.45. The standard InChI is InChI=1S/C23H24ClF2N7/c24-18-11-28-22-19(30-18)16(10-27-22)21-31-20(29-17-7-12-1-3-13(17)4-2-12)15-5-6-33(23(15)32-21)14(8-25)9-26/h5-6,10-14,17H,1-4,7-9H2,(H,27,28)(H,29,31,32). The molecule has 3 fully saturated rings. The normalized spacial score (nSPS) is 22.6. The number of hydrogen-bond donors (Lipinski definition) is 2. The lowest BCUT2D eigenvalue weighted by atomic mass is 9.68. The van der Waals surface area contributed by atoms with Gasteiger partial charge in [0.2, 0.25) is 0 Å². The highest BCUT2D eigenvalue weighted by molar-refractivity contribution is 6.29. The van der Waals surface area contributed by atoms with Crippen LogP contribution in [0.2, 0.25) is 5.15 Å². The van der Waals surface area contributed by atoms with Crippen molar-refractivity contribution in [3.8, 4) is 11.4 Å². The van der Waals surface area contributed by atoms with Crippen LogP contribution in [-0.4, -0.2) is 48.9 Å². The van der Waals surface area contributed by atoms with E-state index in [1.165, 1.54) is 31.9 Å². The first kappa shape index (κ1) is 20.8. The van der Waals surface area contributed by atoms with E-state index in [0.29, 0.717) is 46.0 Å². The van der Waals surface area contributed by atoms with E-state index in [0.717, 1.165) is 17.7 Å². The van der Waals surface area contributed by atoms with Crippen molar-refractivity contribution in [1.29, 1.82) is 0 Å². The topological polar surface area (TPSA) is 84.3 Å². The fraction of sp³-hybridized carbons (Fsp3) is 0.478. The zero-order chi connectivity index (χ0) is 22.5. The zero-order valence-corrected chi connectivity index (χ0v) is 18.7. The van der Waals surface area contributed by atoms with E-state index in [1.54, 1.807) is 17.0 Å². The van der Waals surface area contributed by atoms with Crippen LogP contribution >= 0.6 is 11.6 Å². The van der Waals surface area contributed by atoms with Gasteiger partial charge in [0, 0.05) is 18.4 Å². The molecule has 0 spiro atoms. The van der Waals surface area contributed by atoms with Gasteiger partial charge in [-0.15, -0.1) is 0 Å². The molecule has 2 N–H and O–H groups in total. The van der Waals surface area contributed by atoms with Gasteiger partial charge >= 0.3 is 0 Å². The number of H-pyrrole nitrogens is 1. The predicted octanol–water partition coefficient (Wildman–Crippen LogP) is 5.49. The molecule has 0 aromatic carbocycles. The highest BCUT2D eigenvalue weighted by atomic mass is 35.5. The smallest absolute Gasteiger partial charge is 0.167 e. The van der Waals surface area contributed by atoms with Crippen LogP contribution in [0.4, 0.5) is 14.6 Å². The van der Waals surface area contributed by atoms with E-state index >= 15 is 0 Å². The van der Waals surface area contributed by atoms with E-state index < -0.39 is 19.4 Å². The minimum absolute atomic E-state index is 0.263. The van der Waals surface area contributed by atoms with Crippen LogP contribution in [0, 0.1) is 11.8 Å². The minimum atomic E-state index is -0.930. The number of rotatable bonds is 6. The maximum absolute atomic E-state index is 13.6. The van der Waals surface area contributed by atoms with Crippen LogP contribution in [0.15, 0.2) is 24.7 Å². The number of alkyl halides is 2. The molecule has 4 heterocycles. The molecule has 3 aliphatic carbocycles. The summed E-state index contributed by atoms with van der Waals surface area (Å²) in [4.78, 5) is 21.3. The Bertz CT molecular complexity index is 1310. The second kappa shape index (κ2) is 8.20. The molecular weight excluding hydrogens is 448 g/mol. The number of hydrogen-bond acceptors (Lipinski definition) is 5. The molecule has 3 aliphatic rings. The predicted molar refractivity (Wildman–Crippen MR) is 124 cm³/mol. The molecule has 1 unspecified atom stereocenters. The number of aromatic nitrogens is 6. The summed E-state index contributed by atoms with van der Waals surface area (Å²) >= 11 is 6.09. The molecule has 0 radical (unpaired) electrons. The summed E-state index contributed by atoms with van der Waals surface area (Å²) < 4.78 is 28.7. The monoisotopic (exact) mass is 471 g/mol. The Balaban J connectivity index is 1.50. The summed E-state index contributed by atoms with van der Waals surface area (Å²) in [7, 11) is 0. The molecule has 33 heavy (non-hydrogen) atoms. The number of aromatic amines is 1. The van der Waals surface area contributed by atoms with Crippen molar-refractivity contribution in [1.82, 2.24) is 29.5 Å². The van der Waals surface area contributed by atoms with Gasteiger partial charge in [0.05, 0.1) is 23.2 Å². The second-order valence-corrected chi connectivity index (χ2v) is 9.57. The summed E-state index contributed by atoms with van der Waals surface area (Å²) in [6.07, 6.45) is 11.1. The zero-order valence-electron chi connectivity index (χ0n) is 17.9. The third-order valence-electron chi connectivity index (χ3n) is 7.28. The summed E-state index contributed by atoms with van der Waals surface area (Å²) in [5.74, 6) is 2.47. The molecule has 3 saturated carbocycles. The molecule has 7 nitrogen and oxygen atoms in total. The second-order valence-electron chi connectivity index (χ2n) is 9.18. The van der Waals surface area contributed by atoms with Gasteiger partial charge in [-0.1, -0.05) is 24.4 Å². The Hall–Kier alpha value is -2.81. The Kier molecular flexibility index (Phi) is 5.16. The Morgan fingerprint density at radius 3 is 2.70 bits per heavy atom. The maximum Gasteiger partial charge on any atom is 0.167 e. The Morgan fingerprint density at radius 2 is 1.97 bits per heavy atom. The van der Waals surface area contributed by atoms with Crippen LogP contribution < -0.4 is 5.32 Å². The Morgan fingerprint density at radius 1 is 1.15 bits per heavy atom. The van der Waals surface area contributed by atoms with Crippen LogP contribution in [-0.2, 0) is 0 Å². The van der Waals surface area contributed by atoms with Crippen molar-refractivity contribution in [3.05, 3.63) is 29.8 Å². The van der Waals surface area contributed by atoms with Gasteiger partial charge in [-0.05, 0) is 37.2 Å². The van der Waals surface area contributed by atoms with Gasteiger partial charge in [-0.3, -0.25) is 0 Å². The molecular formula is C23H24ClF2N7. The number of anilines is 1. The number of nitrogens with one attached hydrogen (secondary N) is 2. The van der Waals surface area contributed by atoms with E-state index in [-0.39, 0.29) is 5.15 Å². The molecule has 4 aromatic rings. The highest BCUT2D eigenvalue weighted by Crippen LogP contribution is 2.43. The summed E-state index contributed by atoms with van der Waals surface area (Å²) in [5, 5.41) is 4.70. The van der Waals surface area contributed by atoms with Gasteiger partial charge in [0.1, 0.15) is 35.5 Å². The molecule has 10 heteroatoms. The van der Waals surface area contributed by atoms with Crippen molar-refractivity contribution in [2.24, 2.45) is 11.8 Å². The summed E-state index contributed by atoms with van der Waals surface area (Å²) in [6, 6.07) is 1.25. The molecule has 7 rings (SSSR count). The summed E-state index contributed by atoms with van der Waals surface area (Å²) in [5.41, 5.74) is 2.25. The fourth-order valence-electron chi connectivity index (χ4n) is 5.52. The average molecular weight is 472 g/mol. The van der Waals surface area contributed by atoms with E-state index in [4.69, 9.17) is 21.6 Å². The molecule has 0 aliphatic heterocycles. The maximum atomic E-state index is 13.6. The summed E-state index contributed by atoms with van der Waals surface area (Å²) in [6.45, 7) is -1.63. The molecule has 0 saturated heterocycles. The Labute approximate surface area is 194 Å².